The van der Waals surface area contributed by atoms with E-state index in [1.807, 2.05) is 0 Å². The molecule has 0 aliphatic carbocycles. The number of phenolic OH excluding ortho intramolecular Hbond substituents is 2. The van der Waals surface area contributed by atoms with Crippen LogP contribution in [0.5, 0.6) is 11.5 Å². The minimum atomic E-state index is -0.0764. The molecule has 1 rings (SSSR count). The number of rotatable bonds is 0. The van der Waals surface area contributed by atoms with Crippen molar-refractivity contribution < 1.29 is 13.1 Å². The molecule has 4 heteroatoms. The van der Waals surface area contributed by atoms with Gasteiger partial charge in [0.1, 0.15) is 0 Å². The second-order valence-corrected chi connectivity index (χ2v) is 1.49. The molecule has 1 aromatic carbocycles. The Morgan fingerprint density at radius 2 is 1.30 bits per heavy atom. The number of aromatic hydroxyl groups is 2. The minimum Gasteiger partial charge on any atom is -1.00 e. The van der Waals surface area contributed by atoms with E-state index < -0.39 is 0 Å². The molecule has 2 nitrogen and oxygen atoms in total. The summed E-state index contributed by atoms with van der Waals surface area (Å²) in [5.41, 5.74) is 0. The van der Waals surface area contributed by atoms with Gasteiger partial charge < -0.3 is 13.1 Å². The molecular weight excluding hydrogens is 224 g/mol. The zero-order valence-corrected chi connectivity index (χ0v) is 9.24. The quantitative estimate of drug-likeness (QED) is 0.527. The van der Waals surface area contributed by atoms with Crippen molar-refractivity contribution >= 4 is 54.7 Å². The van der Waals surface area contributed by atoms with Gasteiger partial charge in [-0.3, -0.25) is 0 Å². The normalized spacial score (nSPS) is 7.20. The third-order valence-electron chi connectivity index (χ3n) is 0.882. The van der Waals surface area contributed by atoms with Crippen molar-refractivity contribution in [1.82, 2.24) is 0 Å². The summed E-state index contributed by atoms with van der Waals surface area (Å²) in [5.74, 6) is -0.153. The van der Waals surface area contributed by atoms with E-state index in [-0.39, 0.29) is 69.1 Å². The van der Waals surface area contributed by atoms with Crippen LogP contribution in [0.15, 0.2) is 24.3 Å². The maximum atomic E-state index is 8.67. The van der Waals surface area contributed by atoms with Crippen LogP contribution in [-0.4, -0.2) is 48.0 Å². The largest absolute Gasteiger partial charge is 2.00 e. The van der Waals surface area contributed by atoms with Crippen LogP contribution in [0.25, 0.3) is 0 Å². The molecular formula is C6H9BrCaO2. The zero-order chi connectivity index (χ0) is 5.98. The average molecular weight is 233 g/mol. The van der Waals surface area contributed by atoms with Crippen molar-refractivity contribution in [2.24, 2.45) is 0 Å². The summed E-state index contributed by atoms with van der Waals surface area (Å²) in [7, 11) is 0. The van der Waals surface area contributed by atoms with Gasteiger partial charge in [-0.2, -0.15) is 0 Å². The molecule has 0 saturated heterocycles. The van der Waals surface area contributed by atoms with Crippen molar-refractivity contribution in [3.05, 3.63) is 24.3 Å². The molecule has 1 aromatic rings. The van der Waals surface area contributed by atoms with Crippen molar-refractivity contribution in [3.63, 3.8) is 0 Å². The third kappa shape index (κ3) is 3.66. The van der Waals surface area contributed by atoms with Gasteiger partial charge in [0.05, 0.1) is 0 Å². The first kappa shape index (κ1) is 13.2. The first-order valence-electron chi connectivity index (χ1n) is 2.27. The van der Waals surface area contributed by atoms with Crippen molar-refractivity contribution in [1.29, 1.82) is 0 Å². The molecule has 0 aliphatic rings. The van der Waals surface area contributed by atoms with E-state index in [0.29, 0.717) is 0 Å². The molecule has 0 radical (unpaired) electrons. The van der Waals surface area contributed by atoms with Crippen molar-refractivity contribution in [2.45, 2.75) is 0 Å². The fourth-order valence-corrected chi connectivity index (χ4v) is 0.464. The summed E-state index contributed by atoms with van der Waals surface area (Å²) in [4.78, 5) is 0. The van der Waals surface area contributed by atoms with Crippen LogP contribution in [-0.2, 0) is 0 Å². The molecule has 0 unspecified atom stereocenters. The predicted molar refractivity (Wildman–Crippen MR) is 48.1 cm³/mol. The Balaban J connectivity index is -0.0000000800. The summed E-state index contributed by atoms with van der Waals surface area (Å²) in [5, 5.41) is 17.3. The summed E-state index contributed by atoms with van der Waals surface area (Å²) in [6.07, 6.45) is 0. The number of phenols is 2. The van der Waals surface area contributed by atoms with E-state index >= 15 is 0 Å². The van der Waals surface area contributed by atoms with Gasteiger partial charge in [-0.15, -0.1) is 17.0 Å². The molecule has 0 bridgehead atoms. The van der Waals surface area contributed by atoms with Crippen LogP contribution < -0.4 is 0 Å². The van der Waals surface area contributed by atoms with Crippen LogP contribution >= 0.6 is 17.0 Å². The van der Waals surface area contributed by atoms with Crippen LogP contribution in [0.3, 0.4) is 0 Å². The summed E-state index contributed by atoms with van der Waals surface area (Å²) < 4.78 is 0. The van der Waals surface area contributed by atoms with Gasteiger partial charge in [-0.25, -0.2) is 0 Å². The van der Waals surface area contributed by atoms with E-state index in [0.717, 1.165) is 0 Å². The SMILES string of the molecule is Br.Oc1ccccc1O.[Ca+2].[H-].[H-]. The summed E-state index contributed by atoms with van der Waals surface area (Å²) in [6, 6.07) is 6.15. The Labute approximate surface area is 103 Å². The van der Waals surface area contributed by atoms with E-state index in [1.54, 1.807) is 12.1 Å². The summed E-state index contributed by atoms with van der Waals surface area (Å²) in [6.45, 7) is 0. The molecule has 0 aliphatic heterocycles. The Morgan fingerprint density at radius 3 is 1.50 bits per heavy atom. The number of benzene rings is 1. The van der Waals surface area contributed by atoms with Gasteiger partial charge in [-0.05, 0) is 12.1 Å². The van der Waals surface area contributed by atoms with Crippen LogP contribution in [0.4, 0.5) is 0 Å². The maximum Gasteiger partial charge on any atom is 2.00 e. The van der Waals surface area contributed by atoms with Crippen molar-refractivity contribution in [3.8, 4) is 11.5 Å². The monoisotopic (exact) mass is 232 g/mol. The standard InChI is InChI=1S/C6H6O2.BrH.Ca.2H/c7-5-3-1-2-4-6(5)8;;;;/h1-4,7-8H;1H;;;/q;;+2;2*-1. The second kappa shape index (κ2) is 6.28. The average Bonchev–Trinajstić information content (AvgIpc) is 1.77. The number of para-hydroxylation sites is 2. The molecule has 0 fully saturated rings. The van der Waals surface area contributed by atoms with Crippen molar-refractivity contribution in [2.75, 3.05) is 0 Å². The number of hydrogen-bond acceptors (Lipinski definition) is 2. The van der Waals surface area contributed by atoms with Gasteiger partial charge in [0.25, 0.3) is 0 Å². The van der Waals surface area contributed by atoms with Gasteiger partial charge in [0, 0.05) is 0 Å². The Kier molecular flexibility index (Phi) is 8.27. The fraction of sp³-hybridized carbons (Fsp3) is 0. The Morgan fingerprint density at radius 1 is 1.00 bits per heavy atom. The molecule has 0 heterocycles. The van der Waals surface area contributed by atoms with Crippen LogP contribution in [0, 0.1) is 0 Å². The third-order valence-corrected chi connectivity index (χ3v) is 0.882. The van der Waals surface area contributed by atoms with Crippen LogP contribution in [0.1, 0.15) is 2.85 Å². The molecule has 0 spiro atoms. The first-order chi connectivity index (χ1) is 3.80. The second-order valence-electron chi connectivity index (χ2n) is 1.49. The van der Waals surface area contributed by atoms with Gasteiger partial charge in [-0.1, -0.05) is 12.1 Å². The molecule has 10 heavy (non-hydrogen) atoms. The predicted octanol–water partition coefficient (Wildman–Crippen LogP) is 1.52. The topological polar surface area (TPSA) is 40.5 Å². The molecule has 0 aromatic heterocycles. The molecule has 54 valence electrons. The van der Waals surface area contributed by atoms with Crippen LogP contribution in [0.2, 0.25) is 0 Å². The van der Waals surface area contributed by atoms with Gasteiger partial charge in [0.15, 0.2) is 11.5 Å². The zero-order valence-electron chi connectivity index (χ0n) is 7.32. The summed E-state index contributed by atoms with van der Waals surface area (Å²) >= 11 is 0. The molecule has 2 N–H and O–H groups in total. The Bertz CT molecular complexity index is 180. The maximum absolute atomic E-state index is 8.67. The number of hydrogen-bond donors (Lipinski definition) is 2. The minimum absolute atomic E-state index is 0. The van der Waals surface area contributed by atoms with Gasteiger partial charge in [0.2, 0.25) is 0 Å². The van der Waals surface area contributed by atoms with E-state index in [1.165, 1.54) is 12.1 Å². The van der Waals surface area contributed by atoms with E-state index in [4.69, 9.17) is 10.2 Å². The van der Waals surface area contributed by atoms with E-state index in [9.17, 15) is 0 Å². The smallest absolute Gasteiger partial charge is 1.00 e. The molecule has 0 saturated carbocycles. The van der Waals surface area contributed by atoms with Gasteiger partial charge >= 0.3 is 37.7 Å². The first-order valence-corrected chi connectivity index (χ1v) is 2.27. The molecule has 0 atom stereocenters. The number of halogens is 1. The Hall–Kier alpha value is 0.560. The van der Waals surface area contributed by atoms with E-state index in [2.05, 4.69) is 0 Å². The fourth-order valence-electron chi connectivity index (χ4n) is 0.464. The molecule has 0 amide bonds.